The minimum Gasteiger partial charge on any atom is -0.463 e. The summed E-state index contributed by atoms with van der Waals surface area (Å²) in [6.07, 6.45) is 3.96. The van der Waals surface area contributed by atoms with Crippen LogP contribution in [0.15, 0.2) is 0 Å². The highest BCUT2D eigenvalue weighted by molar-refractivity contribution is 5.39. The Morgan fingerprint density at radius 3 is 2.95 bits per heavy atom. The fourth-order valence-corrected chi connectivity index (χ4v) is 2.25. The van der Waals surface area contributed by atoms with Crippen molar-refractivity contribution in [3.05, 3.63) is 0 Å². The van der Waals surface area contributed by atoms with E-state index < -0.39 is 0 Å². The Kier molecular flexibility index (Phi) is 5.31. The van der Waals surface area contributed by atoms with E-state index in [9.17, 15) is 5.11 Å². The van der Waals surface area contributed by atoms with Crippen LogP contribution in [0.3, 0.4) is 0 Å². The number of nitrogen functional groups attached to an aromatic ring is 1. The Morgan fingerprint density at radius 1 is 1.40 bits per heavy atom. The molecule has 2 heterocycles. The highest BCUT2D eigenvalue weighted by atomic mass is 16.5. The molecule has 1 aliphatic heterocycles. The first-order valence-corrected chi connectivity index (χ1v) is 7.01. The van der Waals surface area contributed by atoms with Crippen LogP contribution in [0.2, 0.25) is 0 Å². The maximum Gasteiger partial charge on any atom is 0.323 e. The molecule has 1 atom stereocenters. The molecule has 8 nitrogen and oxygen atoms in total. The van der Waals surface area contributed by atoms with Gasteiger partial charge in [-0.05, 0) is 25.7 Å². The Bertz CT molecular complexity index is 430. The molecule has 0 radical (unpaired) electrons. The molecule has 1 aromatic heterocycles. The van der Waals surface area contributed by atoms with E-state index in [1.807, 2.05) is 11.8 Å². The SMILES string of the molecule is CCCOc1nc(NN)nc(N2CCCCC2CO)n1. The molecule has 1 aliphatic rings. The predicted molar refractivity (Wildman–Crippen MR) is 75.5 cm³/mol. The lowest BCUT2D eigenvalue weighted by Crippen LogP contribution is -2.43. The van der Waals surface area contributed by atoms with Crippen LogP contribution in [0, 0.1) is 0 Å². The number of rotatable bonds is 6. The Labute approximate surface area is 118 Å². The zero-order chi connectivity index (χ0) is 14.4. The maximum atomic E-state index is 9.48. The van der Waals surface area contributed by atoms with Gasteiger partial charge in [-0.25, -0.2) is 5.84 Å². The largest absolute Gasteiger partial charge is 0.463 e. The van der Waals surface area contributed by atoms with Crippen LogP contribution < -0.4 is 20.9 Å². The van der Waals surface area contributed by atoms with E-state index in [1.54, 1.807) is 0 Å². The molecule has 2 rings (SSSR count). The molecule has 112 valence electrons. The molecule has 1 unspecified atom stereocenters. The molecular formula is C12H22N6O2. The van der Waals surface area contributed by atoms with Crippen LogP contribution in [0.5, 0.6) is 6.01 Å². The van der Waals surface area contributed by atoms with Gasteiger partial charge in [0.25, 0.3) is 0 Å². The number of ether oxygens (including phenoxy) is 1. The minimum absolute atomic E-state index is 0.0378. The molecule has 0 bridgehead atoms. The van der Waals surface area contributed by atoms with Crippen LogP contribution >= 0.6 is 0 Å². The summed E-state index contributed by atoms with van der Waals surface area (Å²) in [6, 6.07) is 0.294. The van der Waals surface area contributed by atoms with Gasteiger partial charge in [-0.1, -0.05) is 6.92 Å². The number of aromatic nitrogens is 3. The second kappa shape index (κ2) is 7.20. The smallest absolute Gasteiger partial charge is 0.323 e. The quantitative estimate of drug-likeness (QED) is 0.505. The molecule has 4 N–H and O–H groups in total. The number of hydrogen-bond acceptors (Lipinski definition) is 8. The minimum atomic E-state index is 0.0378. The molecule has 1 aromatic rings. The summed E-state index contributed by atoms with van der Waals surface area (Å²) in [5, 5.41) is 9.48. The van der Waals surface area contributed by atoms with Crippen molar-refractivity contribution in [3.8, 4) is 6.01 Å². The standard InChI is InChI=1S/C12H22N6O2/c1-2-7-20-12-15-10(17-13)14-11(16-12)18-6-4-3-5-9(18)8-19/h9,19H,2-8,13H2,1H3,(H,14,15,16,17). The van der Waals surface area contributed by atoms with Gasteiger partial charge >= 0.3 is 6.01 Å². The highest BCUT2D eigenvalue weighted by Gasteiger charge is 2.25. The van der Waals surface area contributed by atoms with Gasteiger partial charge in [-0.2, -0.15) is 15.0 Å². The number of nitrogens with zero attached hydrogens (tertiary/aromatic N) is 4. The molecule has 1 fully saturated rings. The Hall–Kier alpha value is -1.67. The summed E-state index contributed by atoms with van der Waals surface area (Å²) in [4.78, 5) is 14.6. The summed E-state index contributed by atoms with van der Waals surface area (Å²) < 4.78 is 5.45. The van der Waals surface area contributed by atoms with E-state index in [0.717, 1.165) is 32.2 Å². The number of hydrogen-bond donors (Lipinski definition) is 3. The lowest BCUT2D eigenvalue weighted by molar-refractivity contribution is 0.238. The third-order valence-corrected chi connectivity index (χ3v) is 3.26. The fraction of sp³-hybridized carbons (Fsp3) is 0.750. The van der Waals surface area contributed by atoms with Crippen molar-refractivity contribution in [3.63, 3.8) is 0 Å². The van der Waals surface area contributed by atoms with Crippen molar-refractivity contribution in [2.75, 3.05) is 30.1 Å². The summed E-state index contributed by atoms with van der Waals surface area (Å²) in [7, 11) is 0. The molecule has 0 spiro atoms. The van der Waals surface area contributed by atoms with Gasteiger partial charge in [0.1, 0.15) is 0 Å². The van der Waals surface area contributed by atoms with E-state index in [2.05, 4.69) is 20.4 Å². The third kappa shape index (κ3) is 3.45. The van der Waals surface area contributed by atoms with E-state index in [0.29, 0.717) is 12.6 Å². The maximum absolute atomic E-state index is 9.48. The lowest BCUT2D eigenvalue weighted by Gasteiger charge is -2.34. The number of nitrogens with one attached hydrogen (secondary N) is 1. The summed E-state index contributed by atoms with van der Waals surface area (Å²) in [5.74, 6) is 6.15. The van der Waals surface area contributed by atoms with Gasteiger partial charge in [0.05, 0.1) is 19.3 Å². The Balaban J connectivity index is 2.24. The Morgan fingerprint density at radius 2 is 2.25 bits per heavy atom. The van der Waals surface area contributed by atoms with Crippen molar-refractivity contribution < 1.29 is 9.84 Å². The molecule has 20 heavy (non-hydrogen) atoms. The van der Waals surface area contributed by atoms with E-state index in [4.69, 9.17) is 10.6 Å². The number of aliphatic hydroxyl groups excluding tert-OH is 1. The van der Waals surface area contributed by atoms with Gasteiger partial charge in [-0.3, -0.25) is 5.43 Å². The van der Waals surface area contributed by atoms with Crippen LogP contribution in [-0.4, -0.2) is 45.9 Å². The summed E-state index contributed by atoms with van der Waals surface area (Å²) >= 11 is 0. The molecule has 0 saturated carbocycles. The van der Waals surface area contributed by atoms with Crippen LogP contribution in [-0.2, 0) is 0 Å². The first kappa shape index (κ1) is 14.7. The first-order chi connectivity index (χ1) is 9.78. The molecule has 1 saturated heterocycles. The van der Waals surface area contributed by atoms with E-state index in [1.165, 1.54) is 0 Å². The van der Waals surface area contributed by atoms with Crippen LogP contribution in [0.4, 0.5) is 11.9 Å². The number of piperidine rings is 1. The number of anilines is 2. The van der Waals surface area contributed by atoms with Gasteiger partial charge in [0.2, 0.25) is 11.9 Å². The van der Waals surface area contributed by atoms with Crippen molar-refractivity contribution >= 4 is 11.9 Å². The van der Waals surface area contributed by atoms with Crippen LogP contribution in [0.1, 0.15) is 32.6 Å². The molecule has 8 heteroatoms. The third-order valence-electron chi connectivity index (χ3n) is 3.26. The average Bonchev–Trinajstić information content (AvgIpc) is 2.52. The molecular weight excluding hydrogens is 260 g/mol. The van der Waals surface area contributed by atoms with Crippen molar-refractivity contribution in [1.82, 2.24) is 15.0 Å². The topological polar surface area (TPSA) is 109 Å². The molecule has 0 aromatic carbocycles. The van der Waals surface area contributed by atoms with Crippen molar-refractivity contribution in [2.24, 2.45) is 5.84 Å². The molecule has 0 amide bonds. The predicted octanol–water partition coefficient (Wildman–Crippen LogP) is 0.297. The van der Waals surface area contributed by atoms with E-state index >= 15 is 0 Å². The van der Waals surface area contributed by atoms with E-state index in [-0.39, 0.29) is 24.6 Å². The van der Waals surface area contributed by atoms with Crippen molar-refractivity contribution in [1.29, 1.82) is 0 Å². The zero-order valence-electron chi connectivity index (χ0n) is 11.7. The van der Waals surface area contributed by atoms with Gasteiger partial charge < -0.3 is 14.7 Å². The zero-order valence-corrected chi connectivity index (χ0v) is 11.7. The number of aliphatic hydroxyl groups is 1. The summed E-state index contributed by atoms with van der Waals surface area (Å²) in [6.45, 7) is 3.45. The normalized spacial score (nSPS) is 18.9. The second-order valence-electron chi connectivity index (χ2n) is 4.76. The van der Waals surface area contributed by atoms with Crippen molar-refractivity contribution in [2.45, 2.75) is 38.6 Å². The van der Waals surface area contributed by atoms with Gasteiger partial charge in [-0.15, -0.1) is 0 Å². The number of nitrogens with two attached hydrogens (primary N) is 1. The number of hydrazine groups is 1. The lowest BCUT2D eigenvalue weighted by atomic mass is 10.0. The van der Waals surface area contributed by atoms with Gasteiger partial charge in [0.15, 0.2) is 0 Å². The van der Waals surface area contributed by atoms with Gasteiger partial charge in [0, 0.05) is 6.54 Å². The summed E-state index contributed by atoms with van der Waals surface area (Å²) in [5.41, 5.74) is 2.42. The highest BCUT2D eigenvalue weighted by Crippen LogP contribution is 2.23. The monoisotopic (exact) mass is 282 g/mol. The second-order valence-corrected chi connectivity index (χ2v) is 4.76. The fourth-order valence-electron chi connectivity index (χ4n) is 2.25. The van der Waals surface area contributed by atoms with Crippen LogP contribution in [0.25, 0.3) is 0 Å². The first-order valence-electron chi connectivity index (χ1n) is 7.01. The molecule has 0 aliphatic carbocycles. The average molecular weight is 282 g/mol.